The lowest BCUT2D eigenvalue weighted by Gasteiger charge is -2.00. The van der Waals surface area contributed by atoms with Crippen molar-refractivity contribution in [3.05, 3.63) is 35.4 Å². The van der Waals surface area contributed by atoms with Gasteiger partial charge in [-0.2, -0.15) is 0 Å². The molecule has 0 amide bonds. The molecule has 0 aliphatic heterocycles. The van der Waals surface area contributed by atoms with Gasteiger partial charge in [-0.1, -0.05) is 17.7 Å². The van der Waals surface area contributed by atoms with Crippen molar-refractivity contribution in [2.45, 2.75) is 20.8 Å². The molecule has 0 atom stereocenters. The van der Waals surface area contributed by atoms with E-state index >= 15 is 0 Å². The molecule has 0 fully saturated rings. The van der Waals surface area contributed by atoms with Gasteiger partial charge in [-0.05, 0) is 32.9 Å². The van der Waals surface area contributed by atoms with Crippen LogP contribution in [-0.4, -0.2) is 18.9 Å². The second-order valence-corrected chi connectivity index (χ2v) is 2.82. The molecule has 1 rings (SSSR count). The summed E-state index contributed by atoms with van der Waals surface area (Å²) < 4.78 is 4.83. The third-order valence-electron chi connectivity index (χ3n) is 1.56. The molecule has 15 heavy (non-hydrogen) atoms. The summed E-state index contributed by atoms with van der Waals surface area (Å²) in [7, 11) is 0. The van der Waals surface area contributed by atoms with Crippen LogP contribution < -0.4 is 0 Å². The Morgan fingerprint density at radius 3 is 2.20 bits per heavy atom. The Hall–Kier alpha value is -1.64. The molecule has 3 heteroatoms. The molecule has 0 spiro atoms. The quantitative estimate of drug-likeness (QED) is 0.553. The molecule has 3 nitrogen and oxygen atoms in total. The second kappa shape index (κ2) is 7.74. The average Bonchev–Trinajstić information content (AvgIpc) is 2.20. The molecule has 1 aromatic rings. The van der Waals surface area contributed by atoms with E-state index in [0.29, 0.717) is 12.2 Å². The fourth-order valence-corrected chi connectivity index (χ4v) is 0.904. The molecule has 0 unspecified atom stereocenters. The first-order valence-electron chi connectivity index (χ1n) is 4.79. The van der Waals surface area contributed by atoms with Crippen LogP contribution >= 0.6 is 0 Å². The van der Waals surface area contributed by atoms with Crippen LogP contribution in [0.2, 0.25) is 0 Å². The van der Waals surface area contributed by atoms with Crippen molar-refractivity contribution in [1.82, 2.24) is 0 Å². The molecule has 0 N–H and O–H groups in total. The zero-order chi connectivity index (χ0) is 11.7. The van der Waals surface area contributed by atoms with E-state index in [-0.39, 0.29) is 5.97 Å². The molecule has 0 heterocycles. The van der Waals surface area contributed by atoms with E-state index in [1.165, 1.54) is 6.92 Å². The van der Waals surface area contributed by atoms with Crippen LogP contribution in [0.4, 0.5) is 0 Å². The van der Waals surface area contributed by atoms with Crippen molar-refractivity contribution < 1.29 is 14.3 Å². The number of aryl methyl sites for hydroxylation is 1. The lowest BCUT2D eigenvalue weighted by atomic mass is 10.1. The predicted molar refractivity (Wildman–Crippen MR) is 58.9 cm³/mol. The van der Waals surface area contributed by atoms with Crippen LogP contribution in [0.15, 0.2) is 24.3 Å². The first kappa shape index (κ1) is 13.4. The minimum absolute atomic E-state index is 0.252. The summed E-state index contributed by atoms with van der Waals surface area (Å²) >= 11 is 0. The van der Waals surface area contributed by atoms with Gasteiger partial charge in [0.05, 0.1) is 12.2 Å². The smallest absolute Gasteiger partial charge is 0.338 e. The summed E-state index contributed by atoms with van der Waals surface area (Å²) in [5.41, 5.74) is 1.76. The van der Waals surface area contributed by atoms with Gasteiger partial charge in [-0.15, -0.1) is 0 Å². The fourth-order valence-electron chi connectivity index (χ4n) is 0.904. The summed E-state index contributed by atoms with van der Waals surface area (Å²) in [6, 6.07) is 7.33. The Labute approximate surface area is 90.1 Å². The molecule has 0 aliphatic carbocycles. The van der Waals surface area contributed by atoms with E-state index < -0.39 is 0 Å². The van der Waals surface area contributed by atoms with Crippen molar-refractivity contribution in [3.63, 3.8) is 0 Å². The second-order valence-electron chi connectivity index (χ2n) is 2.82. The number of rotatable bonds is 2. The summed E-state index contributed by atoms with van der Waals surface area (Å²) in [6.07, 6.45) is 0.750. The Morgan fingerprint density at radius 1 is 1.33 bits per heavy atom. The monoisotopic (exact) mass is 208 g/mol. The molecular formula is C12H16O3. The third-order valence-corrected chi connectivity index (χ3v) is 1.56. The number of carbonyl (C=O) groups is 2. The van der Waals surface area contributed by atoms with Gasteiger partial charge in [0.2, 0.25) is 0 Å². The third kappa shape index (κ3) is 5.62. The van der Waals surface area contributed by atoms with Gasteiger partial charge >= 0.3 is 5.97 Å². The van der Waals surface area contributed by atoms with Crippen molar-refractivity contribution >= 4 is 12.3 Å². The molecular weight excluding hydrogens is 192 g/mol. The maximum Gasteiger partial charge on any atom is 0.338 e. The number of hydrogen-bond donors (Lipinski definition) is 0. The Balaban J connectivity index is 0.000000583. The first-order valence-corrected chi connectivity index (χ1v) is 4.79. The number of aldehydes is 1. The summed E-state index contributed by atoms with van der Waals surface area (Å²) in [4.78, 5) is 19.9. The van der Waals surface area contributed by atoms with E-state index in [0.717, 1.165) is 11.8 Å². The number of hydrogen-bond acceptors (Lipinski definition) is 3. The van der Waals surface area contributed by atoms with E-state index in [9.17, 15) is 4.79 Å². The highest BCUT2D eigenvalue weighted by atomic mass is 16.5. The van der Waals surface area contributed by atoms with E-state index in [2.05, 4.69) is 0 Å². The maximum atomic E-state index is 11.1. The Morgan fingerprint density at radius 2 is 1.80 bits per heavy atom. The molecule has 0 radical (unpaired) electrons. The molecule has 0 saturated carbocycles. The predicted octanol–water partition coefficient (Wildman–Crippen LogP) is 2.38. The van der Waals surface area contributed by atoms with Gasteiger partial charge in [0.1, 0.15) is 6.29 Å². The van der Waals surface area contributed by atoms with Crippen molar-refractivity contribution in [1.29, 1.82) is 0 Å². The van der Waals surface area contributed by atoms with Crippen molar-refractivity contribution in [3.8, 4) is 0 Å². The minimum atomic E-state index is -0.252. The number of esters is 1. The van der Waals surface area contributed by atoms with Crippen LogP contribution in [0, 0.1) is 6.92 Å². The molecule has 0 aliphatic rings. The van der Waals surface area contributed by atoms with Gasteiger partial charge in [-0.25, -0.2) is 4.79 Å². The highest BCUT2D eigenvalue weighted by Gasteiger charge is 2.03. The van der Waals surface area contributed by atoms with Gasteiger partial charge in [-0.3, -0.25) is 0 Å². The standard InChI is InChI=1S/C10H12O2.C2H4O/c1-3-12-10(11)9-6-4-8(2)5-7-9;1-2-3/h4-7H,3H2,1-2H3;2H,1H3. The average molecular weight is 208 g/mol. The summed E-state index contributed by atoms with van der Waals surface area (Å²) in [6.45, 7) is 5.65. The number of ether oxygens (including phenoxy) is 1. The largest absolute Gasteiger partial charge is 0.462 e. The number of benzene rings is 1. The van der Waals surface area contributed by atoms with Crippen LogP contribution in [0.1, 0.15) is 29.8 Å². The number of carbonyl (C=O) groups excluding carboxylic acids is 2. The normalized spacial score (nSPS) is 8.47. The van der Waals surface area contributed by atoms with Crippen molar-refractivity contribution in [2.75, 3.05) is 6.61 Å². The Kier molecular flexibility index (Phi) is 6.89. The molecule has 82 valence electrons. The lowest BCUT2D eigenvalue weighted by molar-refractivity contribution is -0.106. The summed E-state index contributed by atoms with van der Waals surface area (Å²) in [5.74, 6) is -0.252. The van der Waals surface area contributed by atoms with Gasteiger partial charge < -0.3 is 9.53 Å². The SMILES string of the molecule is CC=O.CCOC(=O)c1ccc(C)cc1. The highest BCUT2D eigenvalue weighted by Crippen LogP contribution is 2.04. The van der Waals surface area contributed by atoms with Crippen molar-refractivity contribution in [2.24, 2.45) is 0 Å². The highest BCUT2D eigenvalue weighted by molar-refractivity contribution is 5.89. The van der Waals surface area contributed by atoms with Crippen LogP contribution in [0.3, 0.4) is 0 Å². The maximum absolute atomic E-state index is 11.1. The molecule has 1 aromatic carbocycles. The Bertz CT molecular complexity index is 301. The molecule has 0 saturated heterocycles. The summed E-state index contributed by atoms with van der Waals surface area (Å²) in [5, 5.41) is 0. The van der Waals surface area contributed by atoms with Crippen LogP contribution in [-0.2, 0) is 9.53 Å². The van der Waals surface area contributed by atoms with E-state index in [1.54, 1.807) is 19.1 Å². The van der Waals surface area contributed by atoms with E-state index in [4.69, 9.17) is 9.53 Å². The van der Waals surface area contributed by atoms with Crippen LogP contribution in [0.5, 0.6) is 0 Å². The van der Waals surface area contributed by atoms with Gasteiger partial charge in [0.25, 0.3) is 0 Å². The van der Waals surface area contributed by atoms with Gasteiger partial charge in [0.15, 0.2) is 0 Å². The zero-order valence-corrected chi connectivity index (χ0v) is 9.32. The lowest BCUT2D eigenvalue weighted by Crippen LogP contribution is -2.03. The minimum Gasteiger partial charge on any atom is -0.462 e. The fraction of sp³-hybridized carbons (Fsp3) is 0.333. The first-order chi connectivity index (χ1) is 7.15. The van der Waals surface area contributed by atoms with E-state index in [1.807, 2.05) is 19.1 Å². The van der Waals surface area contributed by atoms with Gasteiger partial charge in [0, 0.05) is 0 Å². The topological polar surface area (TPSA) is 43.4 Å². The van der Waals surface area contributed by atoms with Crippen LogP contribution in [0.25, 0.3) is 0 Å². The molecule has 0 aromatic heterocycles. The molecule has 0 bridgehead atoms. The zero-order valence-electron chi connectivity index (χ0n) is 9.32.